The third kappa shape index (κ3) is 2.92. The normalized spacial score (nSPS) is 37.6. The summed E-state index contributed by atoms with van der Waals surface area (Å²) in [5.41, 5.74) is 0.480. The molecule has 0 amide bonds. The molecule has 0 aromatic heterocycles. The zero-order valence-corrected chi connectivity index (χ0v) is 10.1. The van der Waals surface area contributed by atoms with E-state index >= 15 is 0 Å². The molecular weight excluding hydrogens is 188 g/mol. The molecule has 0 spiro atoms. The summed E-state index contributed by atoms with van der Waals surface area (Å²) in [6.45, 7) is 8.13. The SMILES string of the molecule is CNCC1(C)CCN(CC2CCCO2)C1. The first kappa shape index (κ1) is 11.4. The van der Waals surface area contributed by atoms with Crippen molar-refractivity contribution in [2.45, 2.75) is 32.3 Å². The first-order chi connectivity index (χ1) is 7.22. The molecule has 15 heavy (non-hydrogen) atoms. The summed E-state index contributed by atoms with van der Waals surface area (Å²) < 4.78 is 5.69. The van der Waals surface area contributed by atoms with Crippen LogP contribution in [0.5, 0.6) is 0 Å². The van der Waals surface area contributed by atoms with Crippen LogP contribution in [0.15, 0.2) is 0 Å². The molecule has 2 aliphatic rings. The molecule has 2 unspecified atom stereocenters. The Bertz CT molecular complexity index is 204. The van der Waals surface area contributed by atoms with Crippen LogP contribution in [0.3, 0.4) is 0 Å². The van der Waals surface area contributed by atoms with Gasteiger partial charge in [0.1, 0.15) is 0 Å². The highest BCUT2D eigenvalue weighted by molar-refractivity contribution is 4.88. The summed E-state index contributed by atoms with van der Waals surface area (Å²) in [6.07, 6.45) is 4.36. The van der Waals surface area contributed by atoms with Gasteiger partial charge in [0, 0.05) is 26.2 Å². The van der Waals surface area contributed by atoms with Crippen LogP contribution in [-0.4, -0.2) is 50.8 Å². The van der Waals surface area contributed by atoms with Crippen molar-refractivity contribution < 1.29 is 4.74 Å². The zero-order chi connectivity index (χ0) is 10.7. The van der Waals surface area contributed by atoms with Crippen molar-refractivity contribution in [3.63, 3.8) is 0 Å². The molecule has 1 N–H and O–H groups in total. The van der Waals surface area contributed by atoms with Crippen LogP contribution in [0.2, 0.25) is 0 Å². The number of hydrogen-bond donors (Lipinski definition) is 1. The monoisotopic (exact) mass is 212 g/mol. The molecular formula is C12H24N2O. The van der Waals surface area contributed by atoms with Crippen LogP contribution in [-0.2, 0) is 4.74 Å². The van der Waals surface area contributed by atoms with Gasteiger partial charge in [-0.15, -0.1) is 0 Å². The number of nitrogens with one attached hydrogen (secondary N) is 1. The fraction of sp³-hybridized carbons (Fsp3) is 1.00. The molecule has 0 radical (unpaired) electrons. The molecule has 3 nitrogen and oxygen atoms in total. The molecule has 2 aliphatic heterocycles. The minimum atomic E-state index is 0.480. The van der Waals surface area contributed by atoms with E-state index in [1.807, 2.05) is 7.05 Å². The molecule has 2 saturated heterocycles. The molecule has 3 heteroatoms. The van der Waals surface area contributed by atoms with Crippen molar-refractivity contribution in [3.05, 3.63) is 0 Å². The second-order valence-corrected chi connectivity index (χ2v) is 5.46. The highest BCUT2D eigenvalue weighted by Gasteiger charge is 2.34. The minimum Gasteiger partial charge on any atom is -0.377 e. The Hall–Kier alpha value is -0.120. The number of ether oxygens (including phenoxy) is 1. The standard InChI is InChI=1S/C12H24N2O/c1-12(9-13-2)5-6-14(10-12)8-11-4-3-7-15-11/h11,13H,3-10H2,1-2H3. The van der Waals surface area contributed by atoms with Gasteiger partial charge in [-0.2, -0.15) is 0 Å². The molecule has 0 saturated carbocycles. The van der Waals surface area contributed by atoms with Gasteiger partial charge in [0.25, 0.3) is 0 Å². The van der Waals surface area contributed by atoms with Crippen molar-refractivity contribution in [2.24, 2.45) is 5.41 Å². The maximum Gasteiger partial charge on any atom is 0.0702 e. The van der Waals surface area contributed by atoms with Gasteiger partial charge < -0.3 is 15.0 Å². The Morgan fingerprint density at radius 3 is 3.07 bits per heavy atom. The fourth-order valence-corrected chi connectivity index (χ4v) is 2.93. The Balaban J connectivity index is 1.76. The van der Waals surface area contributed by atoms with Crippen molar-refractivity contribution in [3.8, 4) is 0 Å². The predicted molar refractivity (Wildman–Crippen MR) is 62.1 cm³/mol. The summed E-state index contributed by atoms with van der Waals surface area (Å²) in [7, 11) is 2.05. The number of hydrogen-bond acceptors (Lipinski definition) is 3. The lowest BCUT2D eigenvalue weighted by Gasteiger charge is -2.25. The Morgan fingerprint density at radius 1 is 1.53 bits per heavy atom. The van der Waals surface area contributed by atoms with E-state index in [0.717, 1.165) is 19.7 Å². The number of rotatable bonds is 4. The van der Waals surface area contributed by atoms with E-state index in [9.17, 15) is 0 Å². The predicted octanol–water partition coefficient (Wildman–Crippen LogP) is 1.10. The number of nitrogens with zero attached hydrogens (tertiary/aromatic N) is 1. The summed E-state index contributed by atoms with van der Waals surface area (Å²) >= 11 is 0. The van der Waals surface area contributed by atoms with Gasteiger partial charge in [0.05, 0.1) is 6.10 Å². The van der Waals surface area contributed by atoms with E-state index in [0.29, 0.717) is 11.5 Å². The Morgan fingerprint density at radius 2 is 2.40 bits per heavy atom. The first-order valence-corrected chi connectivity index (χ1v) is 6.20. The lowest BCUT2D eigenvalue weighted by atomic mass is 9.90. The largest absolute Gasteiger partial charge is 0.377 e. The zero-order valence-electron chi connectivity index (χ0n) is 10.1. The third-order valence-electron chi connectivity index (χ3n) is 3.73. The van der Waals surface area contributed by atoms with Crippen molar-refractivity contribution >= 4 is 0 Å². The second kappa shape index (κ2) is 4.81. The minimum absolute atomic E-state index is 0.480. The van der Waals surface area contributed by atoms with Gasteiger partial charge in [0.15, 0.2) is 0 Å². The van der Waals surface area contributed by atoms with E-state index in [1.165, 1.54) is 32.4 Å². The van der Waals surface area contributed by atoms with Gasteiger partial charge in [0.2, 0.25) is 0 Å². The van der Waals surface area contributed by atoms with E-state index in [4.69, 9.17) is 4.74 Å². The van der Waals surface area contributed by atoms with Crippen molar-refractivity contribution in [1.82, 2.24) is 10.2 Å². The molecule has 2 fully saturated rings. The first-order valence-electron chi connectivity index (χ1n) is 6.20. The van der Waals surface area contributed by atoms with Gasteiger partial charge in [-0.1, -0.05) is 6.92 Å². The summed E-state index contributed by atoms with van der Waals surface area (Å²) in [5.74, 6) is 0. The molecule has 0 bridgehead atoms. The summed E-state index contributed by atoms with van der Waals surface area (Å²) in [4.78, 5) is 2.58. The third-order valence-corrected chi connectivity index (χ3v) is 3.73. The van der Waals surface area contributed by atoms with Crippen LogP contribution in [0.25, 0.3) is 0 Å². The van der Waals surface area contributed by atoms with Crippen LogP contribution < -0.4 is 5.32 Å². The number of likely N-dealkylation sites (tertiary alicyclic amines) is 1. The maximum atomic E-state index is 5.69. The van der Waals surface area contributed by atoms with E-state index in [2.05, 4.69) is 17.1 Å². The van der Waals surface area contributed by atoms with Crippen molar-refractivity contribution in [1.29, 1.82) is 0 Å². The fourth-order valence-electron chi connectivity index (χ4n) is 2.93. The Kier molecular flexibility index (Phi) is 3.65. The van der Waals surface area contributed by atoms with Crippen LogP contribution >= 0.6 is 0 Å². The van der Waals surface area contributed by atoms with Crippen LogP contribution in [0.1, 0.15) is 26.2 Å². The molecule has 0 aliphatic carbocycles. The van der Waals surface area contributed by atoms with Crippen LogP contribution in [0, 0.1) is 5.41 Å². The molecule has 0 aromatic rings. The topological polar surface area (TPSA) is 24.5 Å². The average molecular weight is 212 g/mol. The van der Waals surface area contributed by atoms with Crippen molar-refractivity contribution in [2.75, 3.05) is 39.8 Å². The van der Waals surface area contributed by atoms with Gasteiger partial charge >= 0.3 is 0 Å². The molecule has 0 aromatic carbocycles. The second-order valence-electron chi connectivity index (χ2n) is 5.46. The summed E-state index contributed by atoms with van der Waals surface area (Å²) in [5, 5.41) is 3.31. The Labute approximate surface area is 93.2 Å². The van der Waals surface area contributed by atoms with Gasteiger partial charge in [-0.25, -0.2) is 0 Å². The summed E-state index contributed by atoms with van der Waals surface area (Å²) in [6, 6.07) is 0. The van der Waals surface area contributed by atoms with Gasteiger partial charge in [-0.3, -0.25) is 0 Å². The highest BCUT2D eigenvalue weighted by Crippen LogP contribution is 2.29. The molecule has 2 rings (SSSR count). The van der Waals surface area contributed by atoms with E-state index in [1.54, 1.807) is 0 Å². The van der Waals surface area contributed by atoms with Gasteiger partial charge in [-0.05, 0) is 38.3 Å². The van der Waals surface area contributed by atoms with E-state index in [-0.39, 0.29) is 0 Å². The quantitative estimate of drug-likeness (QED) is 0.755. The lowest BCUT2D eigenvalue weighted by Crippen LogP contribution is -2.35. The highest BCUT2D eigenvalue weighted by atomic mass is 16.5. The van der Waals surface area contributed by atoms with E-state index < -0.39 is 0 Å². The maximum absolute atomic E-state index is 5.69. The smallest absolute Gasteiger partial charge is 0.0702 e. The molecule has 88 valence electrons. The lowest BCUT2D eigenvalue weighted by molar-refractivity contribution is 0.0774. The molecule has 2 atom stereocenters. The average Bonchev–Trinajstić information content (AvgIpc) is 2.78. The van der Waals surface area contributed by atoms with Crippen LogP contribution in [0.4, 0.5) is 0 Å². The molecule has 2 heterocycles.